The van der Waals surface area contributed by atoms with Crippen LogP contribution in [0.25, 0.3) is 55.4 Å². The standard InChI is InChI=1S/C30H21FN8/c31-22-7-3-2-6-21(22)27-20(14-17-5-1-4-8-23(17)37-27)15-39-30-26(29(33)34-16-35-30)28(38-39)19-9-11-24-18(13-19)10-12-25(32)36-24/h1-14,16H,15H2,(H2,32,36)(H2,33,34,35). The first-order valence-corrected chi connectivity index (χ1v) is 12.3. The first-order valence-electron chi connectivity index (χ1n) is 12.3. The third kappa shape index (κ3) is 3.88. The Morgan fingerprint density at radius 2 is 1.54 bits per heavy atom. The minimum absolute atomic E-state index is 0.292. The van der Waals surface area contributed by atoms with Crippen molar-refractivity contribution in [3.05, 3.63) is 103 Å². The highest BCUT2D eigenvalue weighted by molar-refractivity contribution is 6.00. The predicted octanol–water partition coefficient (Wildman–Crippen LogP) is 5.61. The molecular weight excluding hydrogens is 491 g/mol. The number of hydrogen-bond acceptors (Lipinski definition) is 7. The number of nitrogen functional groups attached to an aromatic ring is 2. The molecule has 39 heavy (non-hydrogen) atoms. The van der Waals surface area contributed by atoms with E-state index in [1.54, 1.807) is 28.9 Å². The van der Waals surface area contributed by atoms with Gasteiger partial charge in [0.1, 0.15) is 29.5 Å². The van der Waals surface area contributed by atoms with E-state index in [2.05, 4.69) is 15.0 Å². The zero-order valence-corrected chi connectivity index (χ0v) is 20.6. The van der Waals surface area contributed by atoms with E-state index in [1.165, 1.54) is 12.4 Å². The topological polar surface area (TPSA) is 121 Å². The van der Waals surface area contributed by atoms with Crippen LogP contribution >= 0.6 is 0 Å². The lowest BCUT2D eigenvalue weighted by Crippen LogP contribution is -2.06. The average molecular weight is 513 g/mol. The highest BCUT2D eigenvalue weighted by atomic mass is 19.1. The molecule has 0 amide bonds. The van der Waals surface area contributed by atoms with E-state index >= 15 is 0 Å². The van der Waals surface area contributed by atoms with Crippen molar-refractivity contribution >= 4 is 44.5 Å². The molecule has 0 spiro atoms. The molecule has 4 N–H and O–H groups in total. The Bertz CT molecular complexity index is 2050. The summed E-state index contributed by atoms with van der Waals surface area (Å²) in [5, 5.41) is 7.45. The van der Waals surface area contributed by atoms with Crippen LogP contribution in [0.4, 0.5) is 16.0 Å². The molecule has 4 aromatic heterocycles. The highest BCUT2D eigenvalue weighted by Crippen LogP contribution is 2.34. The van der Waals surface area contributed by atoms with Crippen LogP contribution in [0.1, 0.15) is 5.56 Å². The van der Waals surface area contributed by atoms with Crippen molar-refractivity contribution in [3.63, 3.8) is 0 Å². The lowest BCUT2D eigenvalue weighted by atomic mass is 10.0. The second-order valence-corrected chi connectivity index (χ2v) is 9.28. The Morgan fingerprint density at radius 3 is 2.44 bits per heavy atom. The summed E-state index contributed by atoms with van der Waals surface area (Å²) in [6.45, 7) is 0.292. The molecule has 0 saturated carbocycles. The highest BCUT2D eigenvalue weighted by Gasteiger charge is 2.20. The molecule has 7 rings (SSSR count). The van der Waals surface area contributed by atoms with Crippen molar-refractivity contribution in [1.82, 2.24) is 29.7 Å². The van der Waals surface area contributed by atoms with Crippen LogP contribution in [0.5, 0.6) is 0 Å². The molecular formula is C30H21FN8. The number of nitrogens with zero attached hydrogens (tertiary/aromatic N) is 6. The zero-order valence-electron chi connectivity index (χ0n) is 20.6. The van der Waals surface area contributed by atoms with Crippen LogP contribution < -0.4 is 11.5 Å². The van der Waals surface area contributed by atoms with Gasteiger partial charge in [0.2, 0.25) is 0 Å². The lowest BCUT2D eigenvalue weighted by molar-refractivity contribution is 0.630. The van der Waals surface area contributed by atoms with Crippen LogP contribution in [0, 0.1) is 5.82 Å². The Labute approximate surface area is 221 Å². The van der Waals surface area contributed by atoms with Crippen molar-refractivity contribution < 1.29 is 4.39 Å². The monoisotopic (exact) mass is 512 g/mol. The average Bonchev–Trinajstić information content (AvgIpc) is 3.32. The predicted molar refractivity (Wildman–Crippen MR) is 151 cm³/mol. The maximum absolute atomic E-state index is 15.0. The third-order valence-corrected chi connectivity index (χ3v) is 6.79. The Hall–Kier alpha value is -5.44. The summed E-state index contributed by atoms with van der Waals surface area (Å²) in [5.41, 5.74) is 17.6. The second kappa shape index (κ2) is 8.84. The van der Waals surface area contributed by atoms with Gasteiger partial charge in [-0.1, -0.05) is 36.4 Å². The van der Waals surface area contributed by atoms with E-state index in [-0.39, 0.29) is 5.82 Å². The van der Waals surface area contributed by atoms with Gasteiger partial charge < -0.3 is 11.5 Å². The quantitative estimate of drug-likeness (QED) is 0.314. The van der Waals surface area contributed by atoms with Crippen LogP contribution in [-0.4, -0.2) is 29.7 Å². The van der Waals surface area contributed by atoms with E-state index in [9.17, 15) is 4.39 Å². The molecule has 0 aliphatic carbocycles. The van der Waals surface area contributed by atoms with Gasteiger partial charge in [0.25, 0.3) is 0 Å². The number of hydrogen-bond donors (Lipinski definition) is 2. The molecule has 9 heteroatoms. The van der Waals surface area contributed by atoms with E-state index < -0.39 is 0 Å². The number of anilines is 2. The molecule has 7 aromatic rings. The molecule has 4 heterocycles. The summed E-state index contributed by atoms with van der Waals surface area (Å²) in [5.74, 6) is 0.435. The Balaban J connectivity index is 1.43. The number of rotatable bonds is 4. The van der Waals surface area contributed by atoms with Gasteiger partial charge in [-0.15, -0.1) is 0 Å². The number of aromatic nitrogens is 6. The van der Waals surface area contributed by atoms with Crippen molar-refractivity contribution in [2.75, 3.05) is 11.5 Å². The van der Waals surface area contributed by atoms with Crippen LogP contribution in [0.2, 0.25) is 0 Å². The first-order chi connectivity index (χ1) is 19.0. The number of benzene rings is 3. The number of fused-ring (bicyclic) bond motifs is 3. The fourth-order valence-electron chi connectivity index (χ4n) is 4.96. The van der Waals surface area contributed by atoms with E-state index in [0.717, 1.165) is 32.9 Å². The maximum Gasteiger partial charge on any atom is 0.164 e. The van der Waals surface area contributed by atoms with Gasteiger partial charge in [-0.05, 0) is 48.5 Å². The summed E-state index contributed by atoms with van der Waals surface area (Å²) in [6.07, 6.45) is 1.42. The molecule has 8 nitrogen and oxygen atoms in total. The molecule has 0 saturated heterocycles. The smallest absolute Gasteiger partial charge is 0.164 e. The molecule has 0 unspecified atom stereocenters. The number of nitrogens with two attached hydrogens (primary N) is 2. The van der Waals surface area contributed by atoms with Crippen molar-refractivity contribution in [2.24, 2.45) is 0 Å². The molecule has 3 aromatic carbocycles. The fraction of sp³-hybridized carbons (Fsp3) is 0.0333. The van der Waals surface area contributed by atoms with Crippen LogP contribution in [0.3, 0.4) is 0 Å². The summed E-state index contributed by atoms with van der Waals surface area (Å²) in [4.78, 5) is 18.0. The summed E-state index contributed by atoms with van der Waals surface area (Å²) in [7, 11) is 0. The van der Waals surface area contributed by atoms with Crippen molar-refractivity contribution in [2.45, 2.75) is 6.54 Å². The minimum atomic E-state index is -0.343. The van der Waals surface area contributed by atoms with Gasteiger partial charge in [0.15, 0.2) is 5.65 Å². The molecule has 0 radical (unpaired) electrons. The van der Waals surface area contributed by atoms with E-state index in [1.807, 2.05) is 54.6 Å². The lowest BCUT2D eigenvalue weighted by Gasteiger charge is -2.12. The van der Waals surface area contributed by atoms with Crippen molar-refractivity contribution in [1.29, 1.82) is 0 Å². The largest absolute Gasteiger partial charge is 0.384 e. The van der Waals surface area contributed by atoms with Gasteiger partial charge in [0, 0.05) is 27.5 Å². The normalized spacial score (nSPS) is 11.5. The molecule has 0 fully saturated rings. The Kier molecular flexibility index (Phi) is 5.15. The van der Waals surface area contributed by atoms with Gasteiger partial charge in [-0.25, -0.2) is 29.0 Å². The second-order valence-electron chi connectivity index (χ2n) is 9.28. The fourth-order valence-corrected chi connectivity index (χ4v) is 4.96. The van der Waals surface area contributed by atoms with Gasteiger partial charge in [-0.2, -0.15) is 5.10 Å². The number of pyridine rings is 2. The van der Waals surface area contributed by atoms with Crippen LogP contribution in [0.15, 0.2) is 91.3 Å². The zero-order chi connectivity index (χ0) is 26.5. The SMILES string of the molecule is Nc1ccc2cc(-c3nn(Cc4cc5ccccc5nc4-c4ccccc4F)c4ncnc(N)c34)ccc2n1. The van der Waals surface area contributed by atoms with E-state index in [0.29, 0.717) is 46.2 Å². The van der Waals surface area contributed by atoms with E-state index in [4.69, 9.17) is 21.5 Å². The number of para-hydroxylation sites is 1. The molecule has 0 atom stereocenters. The summed E-state index contributed by atoms with van der Waals surface area (Å²) < 4.78 is 16.7. The first kappa shape index (κ1) is 22.7. The molecule has 0 bridgehead atoms. The van der Waals surface area contributed by atoms with Crippen molar-refractivity contribution in [3.8, 4) is 22.5 Å². The minimum Gasteiger partial charge on any atom is -0.384 e. The molecule has 188 valence electrons. The van der Waals surface area contributed by atoms with Crippen LogP contribution in [-0.2, 0) is 6.54 Å². The van der Waals surface area contributed by atoms with Gasteiger partial charge in [0.05, 0.1) is 28.7 Å². The van der Waals surface area contributed by atoms with Gasteiger partial charge >= 0.3 is 0 Å². The van der Waals surface area contributed by atoms with Gasteiger partial charge in [-0.3, -0.25) is 0 Å². The summed E-state index contributed by atoms with van der Waals surface area (Å²) in [6, 6.07) is 25.9. The molecule has 0 aliphatic heterocycles. The third-order valence-electron chi connectivity index (χ3n) is 6.79. The Morgan fingerprint density at radius 1 is 0.744 bits per heavy atom. The summed E-state index contributed by atoms with van der Waals surface area (Å²) >= 11 is 0. The molecule has 0 aliphatic rings. The maximum atomic E-state index is 15.0. The number of halogens is 1.